The van der Waals surface area contributed by atoms with Crippen LogP contribution in [0.2, 0.25) is 0 Å². The lowest BCUT2D eigenvalue weighted by Gasteiger charge is -2.09. The first-order valence-electron chi connectivity index (χ1n) is 8.16. The quantitative estimate of drug-likeness (QED) is 0.490. The molecule has 0 spiro atoms. The fourth-order valence-corrected chi connectivity index (χ4v) is 3.16. The number of carbonyl (C=O) groups is 1. The fraction of sp³-hybridized carbons (Fsp3) is 0.611. The van der Waals surface area contributed by atoms with Gasteiger partial charge in [-0.15, -0.1) is 0 Å². The van der Waals surface area contributed by atoms with E-state index in [0.717, 1.165) is 24.2 Å². The highest BCUT2D eigenvalue weighted by atomic mass is 79.9. The summed E-state index contributed by atoms with van der Waals surface area (Å²) in [6, 6.07) is 6.07. The van der Waals surface area contributed by atoms with E-state index in [1.54, 1.807) is 0 Å². The summed E-state index contributed by atoms with van der Waals surface area (Å²) in [5.41, 5.74) is 2.01. The first-order chi connectivity index (χ1) is 10.2. The molecular formula is C18H25BrO2. The van der Waals surface area contributed by atoms with Gasteiger partial charge < -0.3 is 4.74 Å². The molecule has 0 amide bonds. The zero-order chi connectivity index (χ0) is 15.1. The van der Waals surface area contributed by atoms with Crippen LogP contribution in [0.5, 0.6) is 5.75 Å². The molecule has 0 aliphatic carbocycles. The largest absolute Gasteiger partial charge is 0.493 e. The number of rotatable bonds is 7. The third-order valence-corrected chi connectivity index (χ3v) is 4.92. The van der Waals surface area contributed by atoms with Crippen molar-refractivity contribution in [1.82, 2.24) is 0 Å². The number of ketones is 1. The first-order valence-corrected chi connectivity index (χ1v) is 9.08. The van der Waals surface area contributed by atoms with Crippen molar-refractivity contribution in [2.45, 2.75) is 63.1 Å². The minimum Gasteiger partial charge on any atom is -0.493 e. The maximum Gasteiger partial charge on any atom is 0.180 e. The smallest absolute Gasteiger partial charge is 0.180 e. The van der Waals surface area contributed by atoms with Crippen molar-refractivity contribution in [1.29, 1.82) is 0 Å². The average Bonchev–Trinajstić information content (AvgIpc) is 2.63. The predicted octanol–water partition coefficient (Wildman–Crippen LogP) is 5.32. The molecule has 1 atom stereocenters. The lowest BCUT2D eigenvalue weighted by molar-refractivity contribution is 0.0991. The molecule has 0 bridgehead atoms. The summed E-state index contributed by atoms with van der Waals surface area (Å²) in [5.74, 6) is 0.916. The van der Waals surface area contributed by atoms with Crippen LogP contribution in [0.4, 0.5) is 0 Å². The molecule has 2 nitrogen and oxygen atoms in total. The van der Waals surface area contributed by atoms with Crippen molar-refractivity contribution in [2.75, 3.05) is 6.61 Å². The summed E-state index contributed by atoms with van der Waals surface area (Å²) in [6.45, 7) is 2.85. The molecule has 2 rings (SSSR count). The van der Waals surface area contributed by atoms with Crippen molar-refractivity contribution in [3.05, 3.63) is 29.3 Å². The molecule has 21 heavy (non-hydrogen) atoms. The minimum atomic E-state index is -0.108. The summed E-state index contributed by atoms with van der Waals surface area (Å²) in [7, 11) is 0. The van der Waals surface area contributed by atoms with E-state index < -0.39 is 0 Å². The van der Waals surface area contributed by atoms with Crippen molar-refractivity contribution >= 4 is 21.7 Å². The van der Waals surface area contributed by atoms with E-state index in [4.69, 9.17) is 4.74 Å². The average molecular weight is 353 g/mol. The molecule has 1 heterocycles. The Morgan fingerprint density at radius 3 is 2.76 bits per heavy atom. The molecule has 116 valence electrons. The number of hydrogen-bond acceptors (Lipinski definition) is 2. The van der Waals surface area contributed by atoms with E-state index in [1.165, 1.54) is 44.1 Å². The number of hydrogen-bond donors (Lipinski definition) is 0. The van der Waals surface area contributed by atoms with Gasteiger partial charge in [-0.25, -0.2) is 0 Å². The maximum absolute atomic E-state index is 12.2. The number of unbranched alkanes of at least 4 members (excludes halogenated alkanes) is 5. The van der Waals surface area contributed by atoms with E-state index >= 15 is 0 Å². The lowest BCUT2D eigenvalue weighted by Crippen LogP contribution is -2.12. The second kappa shape index (κ2) is 8.57. The van der Waals surface area contributed by atoms with Gasteiger partial charge in [0.25, 0.3) is 0 Å². The second-order valence-electron chi connectivity index (χ2n) is 5.82. The normalized spacial score (nSPS) is 18.0. The molecule has 0 fully saturated rings. The summed E-state index contributed by atoms with van der Waals surface area (Å²) in [4.78, 5) is 12.1. The van der Waals surface area contributed by atoms with E-state index in [9.17, 15) is 4.79 Å². The Kier molecular flexibility index (Phi) is 6.75. The monoisotopic (exact) mass is 352 g/mol. The summed E-state index contributed by atoms with van der Waals surface area (Å²) in [6.07, 6.45) is 9.66. The summed E-state index contributed by atoms with van der Waals surface area (Å²) in [5, 5.41) is 0. The lowest BCUT2D eigenvalue weighted by atomic mass is 10.0. The van der Waals surface area contributed by atoms with Crippen LogP contribution in [-0.2, 0) is 6.42 Å². The highest BCUT2D eigenvalue weighted by molar-refractivity contribution is 9.10. The molecular weight excluding hydrogens is 328 g/mol. The zero-order valence-electron chi connectivity index (χ0n) is 12.9. The topological polar surface area (TPSA) is 26.3 Å². The number of ether oxygens (including phenoxy) is 1. The summed E-state index contributed by atoms with van der Waals surface area (Å²) < 4.78 is 5.74. The molecule has 0 saturated carbocycles. The van der Waals surface area contributed by atoms with Gasteiger partial charge in [0.2, 0.25) is 0 Å². The van der Waals surface area contributed by atoms with Crippen molar-refractivity contribution < 1.29 is 9.53 Å². The number of benzene rings is 1. The van der Waals surface area contributed by atoms with Crippen LogP contribution < -0.4 is 4.74 Å². The van der Waals surface area contributed by atoms with Crippen LogP contribution in [0.1, 0.15) is 67.8 Å². The Bertz CT molecular complexity index is 470. The number of halogens is 1. The van der Waals surface area contributed by atoms with E-state index in [0.29, 0.717) is 6.61 Å². The second-order valence-corrected chi connectivity index (χ2v) is 6.92. The van der Waals surface area contributed by atoms with Crippen LogP contribution in [-0.4, -0.2) is 17.2 Å². The van der Waals surface area contributed by atoms with Crippen LogP contribution in [0.3, 0.4) is 0 Å². The molecule has 1 unspecified atom stereocenters. The van der Waals surface area contributed by atoms with Gasteiger partial charge in [0.05, 0.1) is 17.0 Å². The molecule has 0 saturated heterocycles. The van der Waals surface area contributed by atoms with Crippen LogP contribution in [0, 0.1) is 0 Å². The molecule has 1 aliphatic heterocycles. The highest BCUT2D eigenvalue weighted by Crippen LogP contribution is 2.28. The van der Waals surface area contributed by atoms with Crippen LogP contribution in [0.15, 0.2) is 18.2 Å². The van der Waals surface area contributed by atoms with E-state index in [-0.39, 0.29) is 10.6 Å². The Morgan fingerprint density at radius 1 is 1.19 bits per heavy atom. The van der Waals surface area contributed by atoms with Gasteiger partial charge in [0, 0.05) is 6.42 Å². The SMILES string of the molecule is CCCCCCCCc1ccc2c(c1)OCCC(Br)C2=O. The van der Waals surface area contributed by atoms with Crippen LogP contribution >= 0.6 is 15.9 Å². The van der Waals surface area contributed by atoms with Gasteiger partial charge in [-0.3, -0.25) is 4.79 Å². The van der Waals surface area contributed by atoms with Gasteiger partial charge in [0.1, 0.15) is 5.75 Å². The first kappa shape index (κ1) is 16.5. The Labute approximate surface area is 136 Å². The van der Waals surface area contributed by atoms with Gasteiger partial charge >= 0.3 is 0 Å². The van der Waals surface area contributed by atoms with E-state index in [2.05, 4.69) is 35.0 Å². The van der Waals surface area contributed by atoms with E-state index in [1.807, 2.05) is 6.07 Å². The number of fused-ring (bicyclic) bond motifs is 1. The van der Waals surface area contributed by atoms with Crippen molar-refractivity contribution in [3.63, 3.8) is 0 Å². The molecule has 1 aromatic rings. The Morgan fingerprint density at radius 2 is 1.95 bits per heavy atom. The summed E-state index contributed by atoms with van der Waals surface area (Å²) >= 11 is 3.43. The zero-order valence-corrected chi connectivity index (χ0v) is 14.5. The molecule has 0 aromatic heterocycles. The third kappa shape index (κ3) is 4.84. The van der Waals surface area contributed by atoms with Crippen molar-refractivity contribution in [3.8, 4) is 5.75 Å². The van der Waals surface area contributed by atoms with Gasteiger partial charge in [-0.2, -0.15) is 0 Å². The third-order valence-electron chi connectivity index (χ3n) is 4.04. The Balaban J connectivity index is 1.89. The molecule has 0 radical (unpaired) electrons. The fourth-order valence-electron chi connectivity index (χ4n) is 2.73. The maximum atomic E-state index is 12.2. The standard InChI is InChI=1S/C18H25BrO2/c1-2-3-4-5-6-7-8-14-9-10-15-17(13-14)21-12-11-16(19)18(15)20/h9-10,13,16H,2-8,11-12H2,1H3. The number of carbonyl (C=O) groups excluding carboxylic acids is 1. The molecule has 1 aliphatic rings. The number of aryl methyl sites for hydroxylation is 1. The van der Waals surface area contributed by atoms with Crippen LogP contribution in [0.25, 0.3) is 0 Å². The van der Waals surface area contributed by atoms with Gasteiger partial charge in [-0.05, 0) is 30.5 Å². The minimum absolute atomic E-state index is 0.108. The van der Waals surface area contributed by atoms with Gasteiger partial charge in [0.15, 0.2) is 5.78 Å². The molecule has 3 heteroatoms. The highest BCUT2D eigenvalue weighted by Gasteiger charge is 2.24. The van der Waals surface area contributed by atoms with Gasteiger partial charge in [-0.1, -0.05) is 61.0 Å². The van der Waals surface area contributed by atoms with Crippen molar-refractivity contribution in [2.24, 2.45) is 0 Å². The molecule has 1 aromatic carbocycles. The molecule has 0 N–H and O–H groups in total. The number of Topliss-reactive ketones (excluding diaryl/α,β-unsaturated/α-hetero) is 1. The number of alkyl halides is 1. The Hall–Kier alpha value is -0.830. The predicted molar refractivity (Wildman–Crippen MR) is 90.7 cm³/mol.